The second kappa shape index (κ2) is 7.66. The normalized spacial score (nSPS) is 19.9. The molecule has 0 radical (unpaired) electrons. The molecule has 1 atom stereocenters. The molecule has 0 spiro atoms. The maximum Gasteiger partial charge on any atom is 0.274 e. The van der Waals surface area contributed by atoms with Crippen LogP contribution in [0.4, 0.5) is 11.4 Å². The Balaban J connectivity index is 1.39. The van der Waals surface area contributed by atoms with Crippen LogP contribution in [0.1, 0.15) is 29.0 Å². The molecule has 2 saturated heterocycles. The Labute approximate surface area is 178 Å². The van der Waals surface area contributed by atoms with E-state index in [2.05, 4.69) is 19.2 Å². The van der Waals surface area contributed by atoms with E-state index >= 15 is 0 Å². The number of hydrogen-bond donors (Lipinski definition) is 2. The molecule has 3 aromatic rings. The van der Waals surface area contributed by atoms with E-state index in [0.717, 1.165) is 36.3 Å². The van der Waals surface area contributed by atoms with Gasteiger partial charge in [0.2, 0.25) is 0 Å². The Morgan fingerprint density at radius 1 is 1.27 bits per heavy atom. The molecule has 2 aliphatic rings. The molecule has 1 amide bonds. The Kier molecular flexibility index (Phi) is 4.84. The number of nitrogens with two attached hydrogens (primary N) is 2. The van der Waals surface area contributed by atoms with Crippen LogP contribution in [0.25, 0.3) is 10.1 Å². The lowest BCUT2D eigenvalue weighted by Crippen LogP contribution is -2.52. The largest absolute Gasteiger partial charge is 0.393 e. The number of carbonyl (C=O) groups is 1. The van der Waals surface area contributed by atoms with E-state index in [4.69, 9.17) is 11.5 Å². The van der Waals surface area contributed by atoms with Gasteiger partial charge in [0.15, 0.2) is 12.0 Å². The summed E-state index contributed by atoms with van der Waals surface area (Å²) in [4.78, 5) is 25.1. The zero-order valence-electron chi connectivity index (χ0n) is 16.5. The number of aromatic nitrogens is 2. The van der Waals surface area contributed by atoms with Crippen molar-refractivity contribution in [2.75, 3.05) is 31.9 Å². The van der Waals surface area contributed by atoms with Gasteiger partial charge in [0.25, 0.3) is 11.6 Å². The third kappa shape index (κ3) is 3.40. The molecule has 8 nitrogen and oxygen atoms in total. The first-order valence-corrected chi connectivity index (χ1v) is 10.9. The number of fused-ring (bicyclic) bond motifs is 2. The third-order valence-corrected chi connectivity index (χ3v) is 6.74. The van der Waals surface area contributed by atoms with Crippen LogP contribution in [0.3, 0.4) is 0 Å². The Bertz CT molecular complexity index is 1140. The molecule has 5 N–H and O–H groups in total. The van der Waals surface area contributed by atoms with E-state index in [9.17, 15) is 4.79 Å². The number of benzene rings is 1. The van der Waals surface area contributed by atoms with Gasteiger partial charge in [-0.2, -0.15) is 4.37 Å². The third-order valence-electron chi connectivity index (χ3n) is 5.93. The average molecular weight is 423 g/mol. The zero-order chi connectivity index (χ0) is 20.7. The highest BCUT2D eigenvalue weighted by molar-refractivity contribution is 7.13. The number of nitrogen functional groups attached to an aromatic ring is 1. The van der Waals surface area contributed by atoms with Crippen molar-refractivity contribution in [3.05, 3.63) is 47.9 Å². The summed E-state index contributed by atoms with van der Waals surface area (Å²) in [5.41, 5.74) is 14.4. The number of carbonyl (C=O) groups excluding carboxylic acids is 1. The first-order valence-electron chi connectivity index (χ1n) is 10.1. The van der Waals surface area contributed by atoms with Crippen molar-refractivity contribution in [1.82, 2.24) is 14.2 Å². The van der Waals surface area contributed by atoms with Crippen molar-refractivity contribution >= 4 is 44.7 Å². The molecule has 4 heterocycles. The summed E-state index contributed by atoms with van der Waals surface area (Å²) in [5.74, 6) is 0.331. The maximum atomic E-state index is 13.1. The average Bonchev–Trinajstić information content (AvgIpc) is 3.39. The molecule has 5 rings (SSSR count). The molecular formula is C21H24N7OS+. The number of aliphatic imine (C=N–C) groups is 1. The van der Waals surface area contributed by atoms with Crippen molar-refractivity contribution in [2.24, 2.45) is 10.7 Å². The molecule has 0 bridgehead atoms. The van der Waals surface area contributed by atoms with E-state index < -0.39 is 0 Å². The standard InChI is InChI=1S/C21H23N7OS/c22-16-4-1-7-24-19(16)20(23)25-13-5-6-15-17(11-13)30-26-18(15)21(29)28-10-9-27-8-2-3-14(27)12-28/h1,4-7,11,14H,2-3,8-10,12,22H2,(H2,23,25)/p+1. The number of nitrogens with one attached hydrogen (secondary N) is 1. The highest BCUT2D eigenvalue weighted by atomic mass is 32.1. The van der Waals surface area contributed by atoms with Gasteiger partial charge in [-0.15, -0.1) is 0 Å². The zero-order valence-corrected chi connectivity index (χ0v) is 17.4. The Morgan fingerprint density at radius 3 is 3.03 bits per heavy atom. The number of H-pyrrole nitrogens is 1. The minimum atomic E-state index is 0.0234. The van der Waals surface area contributed by atoms with Gasteiger partial charge in [0.1, 0.15) is 11.4 Å². The smallest absolute Gasteiger partial charge is 0.274 e. The topological polar surface area (TPSA) is 115 Å². The maximum absolute atomic E-state index is 13.1. The lowest BCUT2D eigenvalue weighted by Gasteiger charge is -2.37. The minimum absolute atomic E-state index is 0.0234. The van der Waals surface area contributed by atoms with Crippen LogP contribution in [-0.4, -0.2) is 58.1 Å². The fraction of sp³-hybridized carbons (Fsp3) is 0.333. The van der Waals surface area contributed by atoms with Crippen molar-refractivity contribution in [1.29, 1.82) is 0 Å². The van der Waals surface area contributed by atoms with Gasteiger partial charge >= 0.3 is 0 Å². The van der Waals surface area contributed by atoms with Gasteiger partial charge in [-0.1, -0.05) is 0 Å². The van der Waals surface area contributed by atoms with Crippen LogP contribution in [0, 0.1) is 0 Å². The number of anilines is 1. The summed E-state index contributed by atoms with van der Waals surface area (Å²) in [6.45, 7) is 3.68. The number of pyridine rings is 1. The molecule has 2 aliphatic heterocycles. The van der Waals surface area contributed by atoms with E-state index in [1.54, 1.807) is 18.3 Å². The molecule has 0 saturated carbocycles. The molecular weight excluding hydrogens is 398 g/mol. The van der Waals surface area contributed by atoms with E-state index in [-0.39, 0.29) is 5.91 Å². The number of aromatic amines is 1. The quantitative estimate of drug-likeness (QED) is 0.492. The number of amides is 1. The van der Waals surface area contributed by atoms with Crippen LogP contribution in [0.15, 0.2) is 41.5 Å². The predicted molar refractivity (Wildman–Crippen MR) is 118 cm³/mol. The van der Waals surface area contributed by atoms with Gasteiger partial charge in [-0.3, -0.25) is 9.69 Å². The molecule has 1 unspecified atom stereocenters. The first-order chi connectivity index (χ1) is 14.6. The summed E-state index contributed by atoms with van der Waals surface area (Å²) >= 11 is 1.32. The highest BCUT2D eigenvalue weighted by Gasteiger charge is 2.33. The molecule has 2 aromatic heterocycles. The SMILES string of the molecule is NC(=Nc1ccc2c(C(=O)N3CCN4CCCC4C3)nsc2c1)c1[nH+]cccc1N. The number of piperazine rings is 1. The fourth-order valence-corrected chi connectivity index (χ4v) is 5.14. The van der Waals surface area contributed by atoms with Crippen molar-refractivity contribution in [3.63, 3.8) is 0 Å². The van der Waals surface area contributed by atoms with Crippen molar-refractivity contribution < 1.29 is 9.78 Å². The number of hydrogen-bond acceptors (Lipinski definition) is 6. The summed E-state index contributed by atoms with van der Waals surface area (Å²) in [6.07, 6.45) is 4.16. The lowest BCUT2D eigenvalue weighted by molar-refractivity contribution is -0.379. The summed E-state index contributed by atoms with van der Waals surface area (Å²) in [5, 5.41) is 0.863. The van der Waals surface area contributed by atoms with Crippen LogP contribution < -0.4 is 16.5 Å². The van der Waals surface area contributed by atoms with Gasteiger partial charge < -0.3 is 16.4 Å². The van der Waals surface area contributed by atoms with Crippen LogP contribution in [-0.2, 0) is 0 Å². The number of rotatable bonds is 3. The highest BCUT2D eigenvalue weighted by Crippen LogP contribution is 2.29. The Morgan fingerprint density at radius 2 is 2.17 bits per heavy atom. The van der Waals surface area contributed by atoms with E-state index in [0.29, 0.717) is 34.6 Å². The van der Waals surface area contributed by atoms with Crippen LogP contribution in [0.5, 0.6) is 0 Å². The lowest BCUT2D eigenvalue weighted by atomic mass is 10.1. The monoisotopic (exact) mass is 422 g/mol. The first kappa shape index (κ1) is 19.0. The molecule has 30 heavy (non-hydrogen) atoms. The molecule has 154 valence electrons. The van der Waals surface area contributed by atoms with Crippen LogP contribution in [0.2, 0.25) is 0 Å². The van der Waals surface area contributed by atoms with Gasteiger partial charge in [-0.25, -0.2) is 9.98 Å². The molecule has 0 aliphatic carbocycles. The summed E-state index contributed by atoms with van der Waals surface area (Å²) in [7, 11) is 0. The van der Waals surface area contributed by atoms with E-state index in [1.807, 2.05) is 23.1 Å². The second-order valence-corrected chi connectivity index (χ2v) is 8.60. The second-order valence-electron chi connectivity index (χ2n) is 7.79. The molecule has 1 aromatic carbocycles. The van der Waals surface area contributed by atoms with E-state index in [1.165, 1.54) is 24.4 Å². The van der Waals surface area contributed by atoms with Gasteiger partial charge in [0.05, 0.1) is 10.4 Å². The predicted octanol–water partition coefficient (Wildman–Crippen LogP) is 1.65. The number of nitrogens with zero attached hydrogens (tertiary/aromatic N) is 4. The van der Waals surface area contributed by atoms with Crippen LogP contribution >= 0.6 is 11.5 Å². The van der Waals surface area contributed by atoms with Crippen molar-refractivity contribution in [2.45, 2.75) is 18.9 Å². The molecule has 9 heteroatoms. The Hall–Kier alpha value is -3.04. The summed E-state index contributed by atoms with van der Waals surface area (Å²) < 4.78 is 5.39. The van der Waals surface area contributed by atoms with Crippen molar-refractivity contribution in [3.8, 4) is 0 Å². The number of amidine groups is 1. The fourth-order valence-electron chi connectivity index (χ4n) is 4.34. The van der Waals surface area contributed by atoms with Gasteiger partial charge in [0, 0.05) is 37.1 Å². The minimum Gasteiger partial charge on any atom is -0.393 e. The molecule has 2 fully saturated rings. The van der Waals surface area contributed by atoms with Gasteiger partial charge in [-0.05, 0) is 55.2 Å². The summed E-state index contributed by atoms with van der Waals surface area (Å²) in [6, 6.07) is 9.74.